The lowest BCUT2D eigenvalue weighted by molar-refractivity contribution is -0.274. The van der Waals surface area contributed by atoms with Crippen molar-refractivity contribution in [3.8, 4) is 5.75 Å². The first-order valence-electron chi connectivity index (χ1n) is 12.9. The molecule has 2 fully saturated rings. The number of carbonyl (C=O) groups excluding carboxylic acids is 1. The number of likely N-dealkylation sites (tertiary alicyclic amines) is 1. The molecule has 0 aliphatic carbocycles. The van der Waals surface area contributed by atoms with Crippen LogP contribution in [0, 0.1) is 17.8 Å². The monoisotopic (exact) mass is 503 g/mol. The van der Waals surface area contributed by atoms with Crippen molar-refractivity contribution < 1.29 is 22.7 Å². The predicted molar refractivity (Wildman–Crippen MR) is 135 cm³/mol. The lowest BCUT2D eigenvalue weighted by Gasteiger charge is -2.36. The molecule has 2 unspecified atom stereocenters. The molecule has 0 spiro atoms. The molecule has 5 nitrogen and oxygen atoms in total. The second-order valence-corrected chi connectivity index (χ2v) is 10.1. The van der Waals surface area contributed by atoms with Gasteiger partial charge in [-0.3, -0.25) is 9.69 Å². The average Bonchev–Trinajstić information content (AvgIpc) is 2.85. The third kappa shape index (κ3) is 7.46. The van der Waals surface area contributed by atoms with E-state index in [0.29, 0.717) is 18.2 Å². The minimum Gasteiger partial charge on any atom is -0.406 e. The highest BCUT2D eigenvalue weighted by Gasteiger charge is 2.34. The summed E-state index contributed by atoms with van der Waals surface area (Å²) < 4.78 is 42.6. The maximum atomic E-state index is 13.7. The first kappa shape index (κ1) is 26.5. The summed E-state index contributed by atoms with van der Waals surface area (Å²) in [7, 11) is 0. The molecule has 2 aromatic carbocycles. The van der Waals surface area contributed by atoms with Crippen LogP contribution in [0.2, 0.25) is 0 Å². The van der Waals surface area contributed by atoms with E-state index >= 15 is 0 Å². The van der Waals surface area contributed by atoms with Crippen LogP contribution in [0.15, 0.2) is 54.6 Å². The van der Waals surface area contributed by atoms with Crippen LogP contribution < -0.4 is 15.0 Å². The molecule has 8 heteroatoms. The van der Waals surface area contributed by atoms with E-state index in [-0.39, 0.29) is 23.5 Å². The van der Waals surface area contributed by atoms with E-state index in [0.717, 1.165) is 58.4 Å². The number of benzene rings is 2. The molecule has 0 bridgehead atoms. The first-order chi connectivity index (χ1) is 17.3. The fourth-order valence-corrected chi connectivity index (χ4v) is 5.38. The fourth-order valence-electron chi connectivity index (χ4n) is 5.38. The Balaban J connectivity index is 1.41. The lowest BCUT2D eigenvalue weighted by Crippen LogP contribution is -2.46. The van der Waals surface area contributed by atoms with Crippen molar-refractivity contribution in [1.82, 2.24) is 10.2 Å². The average molecular weight is 504 g/mol. The molecular formula is C28H36F3N3O2. The summed E-state index contributed by atoms with van der Waals surface area (Å²) in [6, 6.07) is 16.3. The smallest absolute Gasteiger partial charge is 0.406 e. The summed E-state index contributed by atoms with van der Waals surface area (Å²) in [5.74, 6) is 0.197. The maximum Gasteiger partial charge on any atom is 0.573 e. The minimum atomic E-state index is -4.77. The number of rotatable bonds is 8. The zero-order valence-corrected chi connectivity index (χ0v) is 20.8. The molecule has 1 amide bonds. The van der Waals surface area contributed by atoms with Gasteiger partial charge >= 0.3 is 6.36 Å². The van der Waals surface area contributed by atoms with E-state index in [9.17, 15) is 18.0 Å². The Morgan fingerprint density at radius 2 is 1.83 bits per heavy atom. The Hall–Kier alpha value is -2.58. The van der Waals surface area contributed by atoms with Crippen LogP contribution in [0.3, 0.4) is 0 Å². The van der Waals surface area contributed by atoms with E-state index in [4.69, 9.17) is 0 Å². The number of piperidine rings is 2. The van der Waals surface area contributed by atoms with E-state index in [1.54, 1.807) is 11.0 Å². The van der Waals surface area contributed by atoms with Crippen LogP contribution in [-0.4, -0.2) is 49.9 Å². The number of nitrogens with one attached hydrogen (secondary N) is 1. The Bertz CT molecular complexity index is 978. The molecule has 1 N–H and O–H groups in total. The molecule has 2 saturated heterocycles. The van der Waals surface area contributed by atoms with Crippen molar-refractivity contribution in [1.29, 1.82) is 0 Å². The highest BCUT2D eigenvalue weighted by Crippen LogP contribution is 2.31. The van der Waals surface area contributed by atoms with Gasteiger partial charge in [-0.15, -0.1) is 13.2 Å². The molecule has 0 aromatic heterocycles. The molecule has 2 atom stereocenters. The summed E-state index contributed by atoms with van der Waals surface area (Å²) >= 11 is 0. The number of ether oxygens (including phenoxy) is 1. The Morgan fingerprint density at radius 3 is 2.53 bits per heavy atom. The van der Waals surface area contributed by atoms with Gasteiger partial charge in [-0.05, 0) is 81.4 Å². The Labute approximate surface area is 211 Å². The highest BCUT2D eigenvalue weighted by atomic mass is 19.4. The number of nitrogens with zero attached hydrogens (tertiary/aromatic N) is 2. The van der Waals surface area contributed by atoms with Crippen LogP contribution in [0.4, 0.5) is 18.9 Å². The standard InChI is InChI=1S/C28H36F3N3O2/c1-21-19-32-14-10-26(21)27(35)34(24-8-5-9-25(18-24)36-28(29,30)31)17-13-22-11-15-33(16-12-22)20-23-6-3-2-4-7-23/h2-9,18,21-22,26,32H,10-17,19-20H2,1H3. The van der Waals surface area contributed by atoms with Gasteiger partial charge in [-0.2, -0.15) is 0 Å². The summed E-state index contributed by atoms with van der Waals surface area (Å²) in [5.41, 5.74) is 1.78. The second kappa shape index (κ2) is 12.1. The minimum absolute atomic E-state index is 0.00493. The number of halogens is 3. The summed E-state index contributed by atoms with van der Waals surface area (Å²) in [6.45, 7) is 7.04. The van der Waals surface area contributed by atoms with Crippen LogP contribution in [0.1, 0.15) is 38.2 Å². The molecule has 2 heterocycles. The van der Waals surface area contributed by atoms with Gasteiger partial charge in [0.1, 0.15) is 5.75 Å². The van der Waals surface area contributed by atoms with Gasteiger partial charge in [0, 0.05) is 30.8 Å². The van der Waals surface area contributed by atoms with Gasteiger partial charge in [0.15, 0.2) is 0 Å². The number of hydrogen-bond donors (Lipinski definition) is 1. The van der Waals surface area contributed by atoms with E-state index in [1.165, 1.54) is 23.8 Å². The quantitative estimate of drug-likeness (QED) is 0.519. The van der Waals surface area contributed by atoms with Crippen LogP contribution in [-0.2, 0) is 11.3 Å². The number of alkyl halides is 3. The third-order valence-electron chi connectivity index (χ3n) is 7.45. The third-order valence-corrected chi connectivity index (χ3v) is 7.45. The number of hydrogen-bond acceptors (Lipinski definition) is 4. The Kier molecular flexibility index (Phi) is 8.90. The predicted octanol–water partition coefficient (Wildman–Crippen LogP) is 5.47. The number of anilines is 1. The normalized spacial score (nSPS) is 21.8. The van der Waals surface area contributed by atoms with Gasteiger partial charge in [-0.1, -0.05) is 43.3 Å². The zero-order chi connectivity index (χ0) is 25.5. The Morgan fingerprint density at radius 1 is 1.08 bits per heavy atom. The van der Waals surface area contributed by atoms with Gasteiger partial charge in [0.2, 0.25) is 5.91 Å². The molecule has 2 aliphatic rings. The number of amides is 1. The van der Waals surface area contributed by atoms with E-state index in [2.05, 4.69) is 46.1 Å². The van der Waals surface area contributed by atoms with Crippen molar-refractivity contribution in [3.63, 3.8) is 0 Å². The van der Waals surface area contributed by atoms with Gasteiger partial charge in [0.05, 0.1) is 0 Å². The largest absolute Gasteiger partial charge is 0.573 e. The fraction of sp³-hybridized carbons (Fsp3) is 0.536. The van der Waals surface area contributed by atoms with Crippen LogP contribution in [0.25, 0.3) is 0 Å². The number of carbonyl (C=O) groups is 1. The molecule has 2 aliphatic heterocycles. The molecule has 4 rings (SSSR count). The van der Waals surface area contributed by atoms with Crippen LogP contribution >= 0.6 is 0 Å². The van der Waals surface area contributed by atoms with Crippen molar-refractivity contribution in [2.24, 2.45) is 17.8 Å². The molecule has 36 heavy (non-hydrogen) atoms. The SMILES string of the molecule is CC1CNCCC1C(=O)N(CCC1CCN(Cc2ccccc2)CC1)c1cccc(OC(F)(F)F)c1. The molecule has 0 saturated carbocycles. The van der Waals surface area contributed by atoms with E-state index in [1.807, 2.05) is 6.07 Å². The van der Waals surface area contributed by atoms with Gasteiger partial charge in [0.25, 0.3) is 0 Å². The van der Waals surface area contributed by atoms with Crippen molar-refractivity contribution in [3.05, 3.63) is 60.2 Å². The summed E-state index contributed by atoms with van der Waals surface area (Å²) in [6.07, 6.45) is -1.11. The second-order valence-electron chi connectivity index (χ2n) is 10.1. The van der Waals surface area contributed by atoms with Gasteiger partial charge in [-0.25, -0.2) is 0 Å². The molecule has 0 radical (unpaired) electrons. The summed E-state index contributed by atoms with van der Waals surface area (Å²) in [5, 5.41) is 3.32. The van der Waals surface area contributed by atoms with Crippen molar-refractivity contribution in [2.45, 2.75) is 45.5 Å². The molecule has 196 valence electrons. The summed E-state index contributed by atoms with van der Waals surface area (Å²) in [4.78, 5) is 17.8. The zero-order valence-electron chi connectivity index (χ0n) is 20.8. The van der Waals surface area contributed by atoms with Crippen LogP contribution in [0.5, 0.6) is 5.75 Å². The first-order valence-corrected chi connectivity index (χ1v) is 12.9. The molecular weight excluding hydrogens is 467 g/mol. The van der Waals surface area contributed by atoms with E-state index < -0.39 is 6.36 Å². The lowest BCUT2D eigenvalue weighted by atomic mass is 9.86. The van der Waals surface area contributed by atoms with Crippen molar-refractivity contribution in [2.75, 3.05) is 37.6 Å². The van der Waals surface area contributed by atoms with Gasteiger partial charge < -0.3 is 15.0 Å². The van der Waals surface area contributed by atoms with Crippen molar-refractivity contribution >= 4 is 11.6 Å². The molecule has 2 aromatic rings. The maximum absolute atomic E-state index is 13.7. The topological polar surface area (TPSA) is 44.8 Å². The highest BCUT2D eigenvalue weighted by molar-refractivity contribution is 5.95.